The second-order valence-electron chi connectivity index (χ2n) is 4.83. The van der Waals surface area contributed by atoms with E-state index in [1.165, 1.54) is 6.42 Å². The molecular weight excluding hydrogens is 198 g/mol. The van der Waals surface area contributed by atoms with Crippen LogP contribution in [0.4, 0.5) is 5.82 Å². The van der Waals surface area contributed by atoms with E-state index >= 15 is 0 Å². The Morgan fingerprint density at radius 3 is 2.25 bits per heavy atom. The number of anilines is 1. The van der Waals surface area contributed by atoms with Crippen LogP contribution in [0.5, 0.6) is 0 Å². The van der Waals surface area contributed by atoms with Crippen LogP contribution in [-0.2, 0) is 6.54 Å². The molecule has 0 radical (unpaired) electrons. The molecule has 1 heterocycles. The van der Waals surface area contributed by atoms with Gasteiger partial charge in [0.05, 0.1) is 5.69 Å². The van der Waals surface area contributed by atoms with Crippen LogP contribution < -0.4 is 5.73 Å². The minimum absolute atomic E-state index is 0.435. The molecule has 0 aliphatic carbocycles. The minimum atomic E-state index is 0.435. The van der Waals surface area contributed by atoms with Gasteiger partial charge in [-0.1, -0.05) is 34.1 Å². The number of nitrogen functional groups attached to an aromatic ring is 1. The van der Waals surface area contributed by atoms with Crippen LogP contribution in [0.3, 0.4) is 0 Å². The summed E-state index contributed by atoms with van der Waals surface area (Å²) in [6, 6.07) is 0. The van der Waals surface area contributed by atoms with Gasteiger partial charge in [0.2, 0.25) is 0 Å². The number of aromatic nitrogens is 2. The van der Waals surface area contributed by atoms with Crippen molar-refractivity contribution < 1.29 is 0 Å². The Labute approximate surface area is 99.1 Å². The van der Waals surface area contributed by atoms with Gasteiger partial charge in [0.1, 0.15) is 11.6 Å². The summed E-state index contributed by atoms with van der Waals surface area (Å²) in [5.41, 5.74) is 7.27. The van der Waals surface area contributed by atoms with E-state index in [-0.39, 0.29) is 0 Å². The summed E-state index contributed by atoms with van der Waals surface area (Å²) in [7, 11) is 0. The zero-order valence-electron chi connectivity index (χ0n) is 11.2. The second kappa shape index (κ2) is 5.37. The maximum absolute atomic E-state index is 6.18. The van der Waals surface area contributed by atoms with Crippen LogP contribution in [0.25, 0.3) is 0 Å². The largest absolute Gasteiger partial charge is 0.384 e. The van der Waals surface area contributed by atoms with E-state index < -0.39 is 0 Å². The van der Waals surface area contributed by atoms with E-state index in [2.05, 4.69) is 39.2 Å². The van der Waals surface area contributed by atoms with Crippen molar-refractivity contribution in [2.75, 3.05) is 5.73 Å². The van der Waals surface area contributed by atoms with Crippen molar-refractivity contribution in [3.8, 4) is 0 Å². The summed E-state index contributed by atoms with van der Waals surface area (Å²) in [5.74, 6) is 2.89. The molecule has 1 unspecified atom stereocenters. The molecule has 0 aliphatic rings. The topological polar surface area (TPSA) is 43.8 Å². The quantitative estimate of drug-likeness (QED) is 0.830. The van der Waals surface area contributed by atoms with E-state index in [9.17, 15) is 0 Å². The molecule has 3 heteroatoms. The van der Waals surface area contributed by atoms with Crippen LogP contribution in [0.15, 0.2) is 0 Å². The summed E-state index contributed by atoms with van der Waals surface area (Å²) in [6.45, 7) is 11.8. The SMILES string of the molecule is CCCC(C)c1nc(C(C)C)n(CC)c1N. The van der Waals surface area contributed by atoms with Gasteiger partial charge in [-0.15, -0.1) is 0 Å². The Balaban J connectivity index is 3.11. The van der Waals surface area contributed by atoms with E-state index in [0.29, 0.717) is 11.8 Å². The van der Waals surface area contributed by atoms with Crippen LogP contribution >= 0.6 is 0 Å². The first kappa shape index (κ1) is 13.1. The number of imidazole rings is 1. The van der Waals surface area contributed by atoms with Gasteiger partial charge in [-0.25, -0.2) is 4.98 Å². The zero-order chi connectivity index (χ0) is 12.3. The standard InChI is InChI=1S/C13H25N3/c1-6-8-10(5)11-12(14)16(7-2)13(15-11)9(3)4/h9-10H,6-8,14H2,1-5H3. The normalized spacial score (nSPS) is 13.4. The van der Waals surface area contributed by atoms with Gasteiger partial charge in [0, 0.05) is 18.4 Å². The Kier molecular flexibility index (Phi) is 4.39. The van der Waals surface area contributed by atoms with Crippen molar-refractivity contribution in [1.29, 1.82) is 0 Å². The van der Waals surface area contributed by atoms with Crippen molar-refractivity contribution >= 4 is 5.82 Å². The lowest BCUT2D eigenvalue weighted by molar-refractivity contribution is 0.644. The molecule has 1 atom stereocenters. The van der Waals surface area contributed by atoms with Gasteiger partial charge >= 0.3 is 0 Å². The lowest BCUT2D eigenvalue weighted by atomic mass is 10.0. The second-order valence-corrected chi connectivity index (χ2v) is 4.83. The molecule has 1 rings (SSSR count). The molecule has 0 fully saturated rings. The molecule has 0 spiro atoms. The third kappa shape index (κ3) is 2.39. The highest BCUT2D eigenvalue weighted by Crippen LogP contribution is 2.28. The van der Waals surface area contributed by atoms with Crippen molar-refractivity contribution in [3.05, 3.63) is 11.5 Å². The first-order valence-corrected chi connectivity index (χ1v) is 6.38. The first-order chi connectivity index (χ1) is 7.52. The number of nitrogens with two attached hydrogens (primary N) is 1. The van der Waals surface area contributed by atoms with Gasteiger partial charge in [0.15, 0.2) is 0 Å². The molecule has 0 saturated carbocycles. The molecule has 0 aromatic carbocycles. The number of hydrogen-bond acceptors (Lipinski definition) is 2. The Morgan fingerprint density at radius 1 is 1.25 bits per heavy atom. The van der Waals surface area contributed by atoms with Crippen LogP contribution in [0, 0.1) is 0 Å². The lowest BCUT2D eigenvalue weighted by Crippen LogP contribution is -2.07. The predicted molar refractivity (Wildman–Crippen MR) is 69.7 cm³/mol. The maximum Gasteiger partial charge on any atom is 0.127 e. The van der Waals surface area contributed by atoms with E-state index in [4.69, 9.17) is 10.7 Å². The summed E-state index contributed by atoms with van der Waals surface area (Å²) >= 11 is 0. The third-order valence-electron chi connectivity index (χ3n) is 3.09. The highest BCUT2D eigenvalue weighted by atomic mass is 15.1. The average Bonchev–Trinajstić information content (AvgIpc) is 2.55. The first-order valence-electron chi connectivity index (χ1n) is 6.38. The smallest absolute Gasteiger partial charge is 0.127 e. The predicted octanol–water partition coefficient (Wildman–Crippen LogP) is 3.51. The lowest BCUT2D eigenvalue weighted by Gasteiger charge is -2.09. The number of rotatable bonds is 5. The molecule has 92 valence electrons. The molecule has 0 bridgehead atoms. The Morgan fingerprint density at radius 2 is 1.88 bits per heavy atom. The fourth-order valence-electron chi connectivity index (χ4n) is 2.21. The van der Waals surface area contributed by atoms with Crippen LogP contribution in [0.2, 0.25) is 0 Å². The average molecular weight is 223 g/mol. The van der Waals surface area contributed by atoms with Crippen molar-refractivity contribution in [2.24, 2.45) is 0 Å². The molecular formula is C13H25N3. The van der Waals surface area contributed by atoms with Crippen molar-refractivity contribution in [3.63, 3.8) is 0 Å². The molecule has 3 nitrogen and oxygen atoms in total. The van der Waals surface area contributed by atoms with Crippen molar-refractivity contribution in [1.82, 2.24) is 9.55 Å². The minimum Gasteiger partial charge on any atom is -0.384 e. The molecule has 0 aliphatic heterocycles. The maximum atomic E-state index is 6.18. The molecule has 1 aromatic rings. The molecule has 1 aromatic heterocycles. The highest BCUT2D eigenvalue weighted by molar-refractivity contribution is 5.41. The Hall–Kier alpha value is -0.990. The van der Waals surface area contributed by atoms with Gasteiger partial charge < -0.3 is 10.3 Å². The third-order valence-corrected chi connectivity index (χ3v) is 3.09. The van der Waals surface area contributed by atoms with Gasteiger partial charge in [-0.2, -0.15) is 0 Å². The molecule has 16 heavy (non-hydrogen) atoms. The Bertz CT molecular complexity index is 339. The fraction of sp³-hybridized carbons (Fsp3) is 0.769. The fourth-order valence-corrected chi connectivity index (χ4v) is 2.21. The van der Waals surface area contributed by atoms with Gasteiger partial charge in [0.25, 0.3) is 0 Å². The van der Waals surface area contributed by atoms with E-state index in [0.717, 1.165) is 30.3 Å². The zero-order valence-corrected chi connectivity index (χ0v) is 11.2. The monoisotopic (exact) mass is 223 g/mol. The summed E-state index contributed by atoms with van der Waals surface area (Å²) in [6.07, 6.45) is 2.33. The van der Waals surface area contributed by atoms with Gasteiger partial charge in [-0.3, -0.25) is 0 Å². The number of nitrogens with zero attached hydrogens (tertiary/aromatic N) is 2. The van der Waals surface area contributed by atoms with E-state index in [1.54, 1.807) is 0 Å². The summed E-state index contributed by atoms with van der Waals surface area (Å²) in [4.78, 5) is 4.74. The van der Waals surface area contributed by atoms with Crippen LogP contribution in [0.1, 0.15) is 70.8 Å². The molecule has 0 saturated heterocycles. The number of hydrogen-bond donors (Lipinski definition) is 1. The molecule has 0 amide bonds. The van der Waals surface area contributed by atoms with E-state index in [1.807, 2.05) is 0 Å². The summed E-state index contributed by atoms with van der Waals surface area (Å²) in [5, 5.41) is 0. The summed E-state index contributed by atoms with van der Waals surface area (Å²) < 4.78 is 2.14. The van der Waals surface area contributed by atoms with Crippen molar-refractivity contribution in [2.45, 2.75) is 65.8 Å². The highest BCUT2D eigenvalue weighted by Gasteiger charge is 2.19. The van der Waals surface area contributed by atoms with Gasteiger partial charge in [-0.05, 0) is 13.3 Å². The molecule has 2 N–H and O–H groups in total. The van der Waals surface area contributed by atoms with Crippen LogP contribution in [-0.4, -0.2) is 9.55 Å².